The Morgan fingerprint density at radius 3 is 2.47 bits per heavy atom. The van der Waals surface area contributed by atoms with E-state index in [9.17, 15) is 13.2 Å². The van der Waals surface area contributed by atoms with E-state index < -0.39 is 5.51 Å². The summed E-state index contributed by atoms with van der Waals surface area (Å²) in [6, 6.07) is 0. The lowest BCUT2D eigenvalue weighted by Gasteiger charge is -2.37. The van der Waals surface area contributed by atoms with Gasteiger partial charge in [0, 0.05) is 25.5 Å². The number of rotatable bonds is 6. The molecule has 102 valence electrons. The Bertz CT molecular complexity index is 217. The van der Waals surface area contributed by atoms with Gasteiger partial charge in [-0.05, 0) is 31.2 Å². The summed E-state index contributed by atoms with van der Waals surface area (Å²) in [5.41, 5.74) is -4.11. The second-order valence-electron chi connectivity index (χ2n) is 4.44. The van der Waals surface area contributed by atoms with Crippen molar-refractivity contribution < 1.29 is 17.9 Å². The van der Waals surface area contributed by atoms with Gasteiger partial charge in [0.2, 0.25) is 0 Å². The molecule has 0 atom stereocenters. The summed E-state index contributed by atoms with van der Waals surface area (Å²) in [5.74, 6) is 0.148. The third kappa shape index (κ3) is 5.97. The third-order valence-corrected chi connectivity index (χ3v) is 3.94. The summed E-state index contributed by atoms with van der Waals surface area (Å²) in [4.78, 5) is 0. The molecule has 0 amide bonds. The highest BCUT2D eigenvalue weighted by Crippen LogP contribution is 2.38. The number of nitrogens with one attached hydrogen (secondary N) is 1. The summed E-state index contributed by atoms with van der Waals surface area (Å²) >= 11 is 0.0906. The summed E-state index contributed by atoms with van der Waals surface area (Å²) in [6.45, 7) is 5.00. The van der Waals surface area contributed by atoms with E-state index in [1.54, 1.807) is 0 Å². The van der Waals surface area contributed by atoms with Crippen molar-refractivity contribution in [2.24, 2.45) is 5.41 Å². The molecule has 1 aliphatic rings. The summed E-state index contributed by atoms with van der Waals surface area (Å²) < 4.78 is 41.6. The van der Waals surface area contributed by atoms with Gasteiger partial charge in [0.1, 0.15) is 0 Å². The topological polar surface area (TPSA) is 21.3 Å². The van der Waals surface area contributed by atoms with Gasteiger partial charge in [-0.2, -0.15) is 13.2 Å². The Hall–Kier alpha value is 0.0600. The predicted molar refractivity (Wildman–Crippen MR) is 64.2 cm³/mol. The predicted octanol–water partition coefficient (Wildman–Crippen LogP) is 3.04. The number of hydrogen-bond donors (Lipinski definition) is 1. The fraction of sp³-hybridized carbons (Fsp3) is 1.00. The van der Waals surface area contributed by atoms with Crippen LogP contribution >= 0.6 is 11.8 Å². The van der Waals surface area contributed by atoms with Gasteiger partial charge in [0.15, 0.2) is 0 Å². The molecule has 1 aliphatic heterocycles. The SMILES string of the molecule is CCNCC1(CCSC(F)(F)F)CCOCC1. The molecule has 17 heavy (non-hydrogen) atoms. The number of alkyl halides is 3. The first-order valence-electron chi connectivity index (χ1n) is 5.97. The third-order valence-electron chi connectivity index (χ3n) is 3.20. The first-order valence-corrected chi connectivity index (χ1v) is 6.95. The molecule has 0 radical (unpaired) electrons. The zero-order valence-electron chi connectivity index (χ0n) is 10.1. The van der Waals surface area contributed by atoms with Gasteiger partial charge in [-0.3, -0.25) is 0 Å². The van der Waals surface area contributed by atoms with E-state index in [0.29, 0.717) is 19.6 Å². The minimum Gasteiger partial charge on any atom is -0.381 e. The minimum absolute atomic E-state index is 0.00743. The van der Waals surface area contributed by atoms with Gasteiger partial charge in [-0.25, -0.2) is 0 Å². The van der Waals surface area contributed by atoms with Gasteiger partial charge in [0.05, 0.1) is 0 Å². The highest BCUT2D eigenvalue weighted by molar-refractivity contribution is 8.00. The molecule has 0 aromatic carbocycles. The molecule has 0 bridgehead atoms. The van der Waals surface area contributed by atoms with Gasteiger partial charge in [0.25, 0.3) is 0 Å². The molecule has 1 N–H and O–H groups in total. The molecule has 1 heterocycles. The molecular formula is C11H20F3NOS. The van der Waals surface area contributed by atoms with E-state index in [1.807, 2.05) is 6.92 Å². The lowest BCUT2D eigenvalue weighted by molar-refractivity contribution is -0.0332. The normalized spacial score (nSPS) is 20.5. The van der Waals surface area contributed by atoms with Gasteiger partial charge in [-0.1, -0.05) is 18.7 Å². The molecule has 1 fully saturated rings. The van der Waals surface area contributed by atoms with Crippen molar-refractivity contribution in [3.63, 3.8) is 0 Å². The first kappa shape index (κ1) is 15.1. The summed E-state index contributed by atoms with van der Waals surface area (Å²) in [5, 5.41) is 3.26. The quantitative estimate of drug-likeness (QED) is 0.802. The summed E-state index contributed by atoms with van der Waals surface area (Å²) in [7, 11) is 0. The highest BCUT2D eigenvalue weighted by atomic mass is 32.2. The number of halogens is 3. The van der Waals surface area contributed by atoms with Crippen LogP contribution in [0.3, 0.4) is 0 Å². The Labute approximate surface area is 105 Å². The van der Waals surface area contributed by atoms with E-state index in [-0.39, 0.29) is 22.9 Å². The number of ether oxygens (including phenoxy) is 1. The molecule has 0 unspecified atom stereocenters. The Kier molecular flexibility index (Phi) is 6.09. The summed E-state index contributed by atoms with van der Waals surface area (Å²) in [6.07, 6.45) is 2.32. The van der Waals surface area contributed by atoms with E-state index in [0.717, 1.165) is 25.9 Å². The fourth-order valence-electron chi connectivity index (χ4n) is 2.09. The molecule has 0 spiro atoms. The highest BCUT2D eigenvalue weighted by Gasteiger charge is 2.34. The van der Waals surface area contributed by atoms with Crippen LogP contribution in [0.5, 0.6) is 0 Å². The molecule has 1 rings (SSSR count). The van der Waals surface area contributed by atoms with Crippen LogP contribution in [-0.4, -0.2) is 37.6 Å². The lowest BCUT2D eigenvalue weighted by atomic mass is 9.78. The number of hydrogen-bond acceptors (Lipinski definition) is 3. The van der Waals surface area contributed by atoms with E-state index in [2.05, 4.69) is 5.32 Å². The second kappa shape index (κ2) is 6.85. The van der Waals surface area contributed by atoms with Crippen LogP contribution in [0.25, 0.3) is 0 Å². The lowest BCUT2D eigenvalue weighted by Crippen LogP contribution is -2.39. The standard InChI is InChI=1S/C11H20F3NOS/c1-2-15-9-10(3-6-16-7-4-10)5-8-17-11(12,13)14/h15H,2-9H2,1H3. The van der Waals surface area contributed by atoms with Crippen LogP contribution in [0.15, 0.2) is 0 Å². The van der Waals surface area contributed by atoms with Crippen molar-refractivity contribution in [3.05, 3.63) is 0 Å². The van der Waals surface area contributed by atoms with Crippen LogP contribution in [0.1, 0.15) is 26.2 Å². The average molecular weight is 271 g/mol. The van der Waals surface area contributed by atoms with Gasteiger partial charge >= 0.3 is 5.51 Å². The molecule has 6 heteroatoms. The Morgan fingerprint density at radius 1 is 1.29 bits per heavy atom. The van der Waals surface area contributed by atoms with Crippen LogP contribution in [-0.2, 0) is 4.74 Å². The molecule has 0 saturated carbocycles. The molecule has 1 saturated heterocycles. The smallest absolute Gasteiger partial charge is 0.381 e. The van der Waals surface area contributed by atoms with Crippen molar-refractivity contribution in [1.29, 1.82) is 0 Å². The van der Waals surface area contributed by atoms with E-state index in [4.69, 9.17) is 4.74 Å². The molecular weight excluding hydrogens is 251 g/mol. The zero-order valence-corrected chi connectivity index (χ0v) is 10.9. The largest absolute Gasteiger partial charge is 0.441 e. The van der Waals surface area contributed by atoms with Crippen LogP contribution in [0.2, 0.25) is 0 Å². The van der Waals surface area contributed by atoms with Crippen LogP contribution in [0.4, 0.5) is 13.2 Å². The fourth-order valence-corrected chi connectivity index (χ4v) is 2.86. The van der Waals surface area contributed by atoms with Gasteiger partial charge in [-0.15, -0.1) is 0 Å². The van der Waals surface area contributed by atoms with Crippen LogP contribution < -0.4 is 5.32 Å². The maximum absolute atomic E-state index is 12.1. The van der Waals surface area contributed by atoms with E-state index >= 15 is 0 Å². The zero-order chi connectivity index (χ0) is 12.8. The molecule has 2 nitrogen and oxygen atoms in total. The van der Waals surface area contributed by atoms with Crippen molar-refractivity contribution in [3.8, 4) is 0 Å². The first-order chi connectivity index (χ1) is 7.97. The van der Waals surface area contributed by atoms with Gasteiger partial charge < -0.3 is 10.1 Å². The maximum atomic E-state index is 12.1. The maximum Gasteiger partial charge on any atom is 0.441 e. The molecule has 0 aliphatic carbocycles. The molecule has 0 aromatic heterocycles. The van der Waals surface area contributed by atoms with Crippen molar-refractivity contribution >= 4 is 11.8 Å². The Morgan fingerprint density at radius 2 is 1.94 bits per heavy atom. The second-order valence-corrected chi connectivity index (χ2v) is 5.60. The van der Waals surface area contributed by atoms with Crippen LogP contribution in [0, 0.1) is 5.41 Å². The Balaban J connectivity index is 2.40. The van der Waals surface area contributed by atoms with Crippen molar-refractivity contribution in [2.75, 3.05) is 32.1 Å². The monoisotopic (exact) mass is 271 g/mol. The number of thioether (sulfide) groups is 1. The minimum atomic E-state index is -4.11. The van der Waals surface area contributed by atoms with Crippen molar-refractivity contribution in [2.45, 2.75) is 31.7 Å². The average Bonchev–Trinajstić information content (AvgIpc) is 2.26. The van der Waals surface area contributed by atoms with E-state index in [1.165, 1.54) is 0 Å². The van der Waals surface area contributed by atoms with Crippen molar-refractivity contribution in [1.82, 2.24) is 5.32 Å². The molecule has 0 aromatic rings.